The van der Waals surface area contributed by atoms with Gasteiger partial charge in [-0.15, -0.1) is 0 Å². The molecular formula is C14H29N. The van der Waals surface area contributed by atoms with Crippen LogP contribution in [0.3, 0.4) is 0 Å². The van der Waals surface area contributed by atoms with E-state index in [4.69, 9.17) is 0 Å². The predicted octanol–water partition coefficient (Wildman–Crippen LogP) is 3.98. The van der Waals surface area contributed by atoms with Crippen molar-refractivity contribution in [1.29, 1.82) is 0 Å². The van der Waals surface area contributed by atoms with Gasteiger partial charge in [0.15, 0.2) is 0 Å². The van der Waals surface area contributed by atoms with Gasteiger partial charge in [-0.3, -0.25) is 0 Å². The highest BCUT2D eigenvalue weighted by Gasteiger charge is 2.27. The van der Waals surface area contributed by atoms with Crippen molar-refractivity contribution in [2.45, 2.75) is 71.8 Å². The third-order valence-corrected chi connectivity index (χ3v) is 4.16. The molecule has 0 spiro atoms. The molecule has 0 heterocycles. The minimum Gasteiger partial charge on any atom is -0.317 e. The maximum Gasteiger partial charge on any atom is 0.00922 e. The van der Waals surface area contributed by atoms with Crippen molar-refractivity contribution < 1.29 is 0 Å². The zero-order chi connectivity index (χ0) is 11.3. The van der Waals surface area contributed by atoms with E-state index in [1.807, 2.05) is 0 Å². The summed E-state index contributed by atoms with van der Waals surface area (Å²) in [7, 11) is 2.14. The van der Waals surface area contributed by atoms with Crippen LogP contribution in [0.1, 0.15) is 65.7 Å². The van der Waals surface area contributed by atoms with Gasteiger partial charge in [0, 0.05) is 6.04 Å². The minimum absolute atomic E-state index is 0.596. The normalized spacial score (nSPS) is 28.4. The third kappa shape index (κ3) is 4.14. The van der Waals surface area contributed by atoms with E-state index in [1.165, 1.54) is 44.9 Å². The zero-order valence-corrected chi connectivity index (χ0v) is 11.1. The molecule has 0 aromatic carbocycles. The van der Waals surface area contributed by atoms with E-state index in [1.54, 1.807) is 0 Å². The van der Waals surface area contributed by atoms with Gasteiger partial charge in [0.1, 0.15) is 0 Å². The van der Waals surface area contributed by atoms with Gasteiger partial charge in [0.05, 0.1) is 0 Å². The highest BCUT2D eigenvalue weighted by molar-refractivity contribution is 4.82. The Bertz CT molecular complexity index is 174. The Kier molecular flexibility index (Phi) is 5.11. The fourth-order valence-corrected chi connectivity index (χ4v) is 3.02. The molecule has 0 amide bonds. The maximum absolute atomic E-state index is 3.53. The fourth-order valence-electron chi connectivity index (χ4n) is 3.02. The van der Waals surface area contributed by atoms with Gasteiger partial charge in [-0.2, -0.15) is 0 Å². The van der Waals surface area contributed by atoms with Crippen molar-refractivity contribution >= 4 is 0 Å². The fraction of sp³-hybridized carbons (Fsp3) is 1.00. The molecule has 2 unspecified atom stereocenters. The molecule has 15 heavy (non-hydrogen) atoms. The second kappa shape index (κ2) is 5.89. The molecule has 1 N–H and O–H groups in total. The Morgan fingerprint density at radius 3 is 2.60 bits per heavy atom. The topological polar surface area (TPSA) is 12.0 Å². The van der Waals surface area contributed by atoms with Crippen molar-refractivity contribution in [2.75, 3.05) is 7.05 Å². The molecule has 90 valence electrons. The average molecular weight is 211 g/mol. The van der Waals surface area contributed by atoms with Crippen LogP contribution in [0.2, 0.25) is 0 Å². The zero-order valence-electron chi connectivity index (χ0n) is 11.1. The van der Waals surface area contributed by atoms with Gasteiger partial charge in [-0.25, -0.2) is 0 Å². The van der Waals surface area contributed by atoms with Gasteiger partial charge < -0.3 is 5.32 Å². The number of hydrogen-bond donors (Lipinski definition) is 1. The molecular weight excluding hydrogens is 182 g/mol. The average Bonchev–Trinajstić information content (AvgIpc) is 2.36. The Morgan fingerprint density at radius 1 is 1.27 bits per heavy atom. The van der Waals surface area contributed by atoms with Gasteiger partial charge >= 0.3 is 0 Å². The summed E-state index contributed by atoms with van der Waals surface area (Å²) in [6.45, 7) is 7.16. The van der Waals surface area contributed by atoms with Crippen LogP contribution in [0, 0.1) is 11.3 Å². The van der Waals surface area contributed by atoms with E-state index in [0.29, 0.717) is 5.41 Å². The van der Waals surface area contributed by atoms with Crippen molar-refractivity contribution in [3.8, 4) is 0 Å². The molecule has 1 saturated carbocycles. The summed E-state index contributed by atoms with van der Waals surface area (Å²) in [5.41, 5.74) is 0.596. The number of nitrogens with one attached hydrogen (secondary N) is 1. The van der Waals surface area contributed by atoms with Crippen LogP contribution < -0.4 is 5.32 Å². The third-order valence-electron chi connectivity index (χ3n) is 4.16. The second-order valence-corrected chi connectivity index (χ2v) is 6.04. The summed E-state index contributed by atoms with van der Waals surface area (Å²) in [5, 5.41) is 3.53. The SMILES string of the molecule is CCCC(NC)C1CCCC(C)(C)CC1. The molecule has 1 heteroatoms. The Morgan fingerprint density at radius 2 is 2.00 bits per heavy atom. The van der Waals surface area contributed by atoms with E-state index in [9.17, 15) is 0 Å². The van der Waals surface area contributed by atoms with Gasteiger partial charge in [0.25, 0.3) is 0 Å². The van der Waals surface area contributed by atoms with Gasteiger partial charge in [-0.1, -0.05) is 33.6 Å². The predicted molar refractivity (Wildman–Crippen MR) is 68.1 cm³/mol. The maximum atomic E-state index is 3.53. The highest BCUT2D eigenvalue weighted by atomic mass is 14.9. The molecule has 0 bridgehead atoms. The van der Waals surface area contributed by atoms with Crippen LogP contribution in [-0.2, 0) is 0 Å². The Balaban J connectivity index is 2.48. The Labute approximate surface area is 96.0 Å². The van der Waals surface area contributed by atoms with E-state index in [0.717, 1.165) is 12.0 Å². The standard InChI is InChI=1S/C14H29N/c1-5-7-13(15-4)12-8-6-10-14(2,3)11-9-12/h12-13,15H,5-11H2,1-4H3. The number of hydrogen-bond acceptors (Lipinski definition) is 1. The molecule has 0 radical (unpaired) electrons. The summed E-state index contributed by atoms with van der Waals surface area (Å²) in [5.74, 6) is 0.928. The first-order valence-electron chi connectivity index (χ1n) is 6.76. The van der Waals surface area contributed by atoms with Crippen molar-refractivity contribution in [3.63, 3.8) is 0 Å². The lowest BCUT2D eigenvalue weighted by atomic mass is 9.83. The number of rotatable bonds is 4. The lowest BCUT2D eigenvalue weighted by Crippen LogP contribution is -2.33. The molecule has 0 saturated heterocycles. The monoisotopic (exact) mass is 211 g/mol. The molecule has 0 aliphatic heterocycles. The molecule has 1 aliphatic carbocycles. The molecule has 2 atom stereocenters. The second-order valence-electron chi connectivity index (χ2n) is 6.04. The first-order valence-corrected chi connectivity index (χ1v) is 6.76. The smallest absolute Gasteiger partial charge is 0.00922 e. The van der Waals surface area contributed by atoms with Crippen LogP contribution >= 0.6 is 0 Å². The van der Waals surface area contributed by atoms with Crippen molar-refractivity contribution in [1.82, 2.24) is 5.32 Å². The van der Waals surface area contributed by atoms with E-state index >= 15 is 0 Å². The summed E-state index contributed by atoms with van der Waals surface area (Å²) >= 11 is 0. The molecule has 0 aromatic heterocycles. The quantitative estimate of drug-likeness (QED) is 0.694. The van der Waals surface area contributed by atoms with Crippen molar-refractivity contribution in [3.05, 3.63) is 0 Å². The lowest BCUT2D eigenvalue weighted by Gasteiger charge is -2.26. The van der Waals surface area contributed by atoms with Gasteiger partial charge in [0.2, 0.25) is 0 Å². The molecule has 1 fully saturated rings. The van der Waals surface area contributed by atoms with Gasteiger partial charge in [-0.05, 0) is 50.5 Å². The van der Waals surface area contributed by atoms with Crippen LogP contribution in [0.4, 0.5) is 0 Å². The first-order chi connectivity index (χ1) is 7.09. The molecule has 1 aliphatic rings. The Hall–Kier alpha value is -0.0400. The van der Waals surface area contributed by atoms with E-state index in [2.05, 4.69) is 33.1 Å². The summed E-state index contributed by atoms with van der Waals surface area (Å²) in [6.07, 6.45) is 9.80. The minimum atomic E-state index is 0.596. The van der Waals surface area contributed by atoms with Crippen molar-refractivity contribution in [2.24, 2.45) is 11.3 Å². The largest absolute Gasteiger partial charge is 0.317 e. The van der Waals surface area contributed by atoms with Crippen LogP contribution in [0.5, 0.6) is 0 Å². The summed E-state index contributed by atoms with van der Waals surface area (Å²) in [6, 6.07) is 0.767. The van der Waals surface area contributed by atoms with Crippen LogP contribution in [-0.4, -0.2) is 13.1 Å². The summed E-state index contributed by atoms with van der Waals surface area (Å²) < 4.78 is 0. The van der Waals surface area contributed by atoms with Crippen LogP contribution in [0.25, 0.3) is 0 Å². The molecule has 1 rings (SSSR count). The highest BCUT2D eigenvalue weighted by Crippen LogP contribution is 2.37. The molecule has 1 nitrogen and oxygen atoms in total. The van der Waals surface area contributed by atoms with E-state index < -0.39 is 0 Å². The lowest BCUT2D eigenvalue weighted by molar-refractivity contribution is 0.284. The van der Waals surface area contributed by atoms with Crippen LogP contribution in [0.15, 0.2) is 0 Å². The van der Waals surface area contributed by atoms with E-state index in [-0.39, 0.29) is 0 Å². The first kappa shape index (κ1) is 13.0. The molecule has 0 aromatic rings. The summed E-state index contributed by atoms with van der Waals surface area (Å²) in [4.78, 5) is 0.